The molecule has 7 rings (SSSR count). The number of imide groups is 4. The van der Waals surface area contributed by atoms with Gasteiger partial charge in [0.15, 0.2) is 0 Å². The molecule has 33 nitrogen and oxygen atoms in total. The third-order valence-corrected chi connectivity index (χ3v) is 14.4. The van der Waals surface area contributed by atoms with Crippen LogP contribution in [0.5, 0.6) is 18.0 Å². The van der Waals surface area contributed by atoms with E-state index in [4.69, 9.17) is 14.2 Å². The zero-order chi connectivity index (χ0) is 80.9. The summed E-state index contributed by atoms with van der Waals surface area (Å²) >= 11 is 0. The van der Waals surface area contributed by atoms with Gasteiger partial charge in [0.05, 0.1) is 44.6 Å². The molecule has 4 aliphatic rings. The molecule has 0 aliphatic carbocycles. The molecule has 2 unspecified atom stereocenters. The molecule has 2 atom stereocenters. The Labute approximate surface area is 620 Å². The zero-order valence-electron chi connectivity index (χ0n) is 61.2. The predicted molar refractivity (Wildman–Crippen MR) is 408 cm³/mol. The van der Waals surface area contributed by atoms with E-state index in [1.54, 1.807) is 58.4 Å². The number of ether oxygens (including phenoxy) is 3. The summed E-state index contributed by atoms with van der Waals surface area (Å²) in [6, 6.07) is -0.437. The number of nitrogens with zero attached hydrogens (tertiary/aromatic N) is 16. The standard InChI is InChI=1S/C12H15N3O3.C12H17N3O3.C12H15N3O3.C11H15NO2.C9H10N2O3.C9H12N2O2.C9H14N2O/c1-4-7-16-10-13-11(17-8-5-2)15-12(14-10)18-9-6-3;2*1-4-7-13-10(16)14(8-5-2)12(18)15(9-6-3)11(13)17;1-4-6-8-9(7-5-2)11(14)12(3)10(8)13;1-3-5-10-7(12)8(13)11(6-4-2)9(10)14;1-3-5-10-7-8(12)11(6-4-2)9(10)13;1-3-5-10-7-8-11(6-4-2)9(10)12/h4-6H,1-3,7-9H2;4-5H,1-2,6-9H2,3H3;4-6H,1-3,7-9H2;4-5,8-9H,1-2,6-7H2,3H3;3-4H,1-2,5-6H2;3-4H,1-2,5-7H2;3-4H,1-2,5-8H2. The van der Waals surface area contributed by atoms with Crippen molar-refractivity contribution in [3.63, 3.8) is 0 Å². The normalized spacial score (nSPS) is 14.5. The Morgan fingerprint density at radius 3 is 0.888 bits per heavy atom. The highest BCUT2D eigenvalue weighted by Gasteiger charge is 2.45. The fourth-order valence-corrected chi connectivity index (χ4v) is 9.58. The lowest BCUT2D eigenvalue weighted by Crippen LogP contribution is -2.54. The predicted octanol–water partition coefficient (Wildman–Crippen LogP) is 4.49. The molecule has 0 bridgehead atoms. The molecule has 3 aromatic rings. The number of carbonyl (C=O) groups is 8. The van der Waals surface area contributed by atoms with Gasteiger partial charge in [-0.1, -0.05) is 124 Å². The Bertz CT molecular complexity index is 3870. The maximum absolute atomic E-state index is 12.0. The van der Waals surface area contributed by atoms with E-state index in [1.807, 2.05) is 6.92 Å². The summed E-state index contributed by atoms with van der Waals surface area (Å²) in [6.07, 6.45) is 26.4. The van der Waals surface area contributed by atoms with E-state index in [9.17, 15) is 67.1 Å². The van der Waals surface area contributed by atoms with Crippen molar-refractivity contribution >= 4 is 47.6 Å². The number of urea groups is 3. The van der Waals surface area contributed by atoms with Crippen molar-refractivity contribution in [2.45, 2.75) is 65.5 Å². The highest BCUT2D eigenvalue weighted by Crippen LogP contribution is 2.31. The van der Waals surface area contributed by atoms with Gasteiger partial charge < -0.3 is 28.9 Å². The van der Waals surface area contributed by atoms with Crippen LogP contribution in [-0.2, 0) is 63.2 Å². The van der Waals surface area contributed by atoms with Crippen LogP contribution in [0.4, 0.5) is 14.4 Å². The molecule has 0 radical (unpaired) electrons. The fraction of sp³-hybridized carbons (Fsp3) is 0.338. The van der Waals surface area contributed by atoms with E-state index in [1.165, 1.54) is 70.4 Å². The van der Waals surface area contributed by atoms with Crippen LogP contribution in [0.15, 0.2) is 231 Å². The molecule has 11 amide bonds. The summed E-state index contributed by atoms with van der Waals surface area (Å²) in [6.45, 7) is 63.3. The Hall–Kier alpha value is -13.0. The van der Waals surface area contributed by atoms with E-state index in [-0.39, 0.29) is 145 Å². The van der Waals surface area contributed by atoms with Crippen LogP contribution in [0.3, 0.4) is 0 Å². The van der Waals surface area contributed by atoms with Gasteiger partial charge in [0, 0.05) is 66.0 Å². The van der Waals surface area contributed by atoms with Crippen molar-refractivity contribution in [1.29, 1.82) is 0 Å². The topological polar surface area (TPSA) is 358 Å². The first-order valence-corrected chi connectivity index (χ1v) is 33.1. The van der Waals surface area contributed by atoms with Crippen molar-refractivity contribution < 1.29 is 52.6 Å². The van der Waals surface area contributed by atoms with Gasteiger partial charge in [-0.15, -0.1) is 100 Å². The van der Waals surface area contributed by atoms with Gasteiger partial charge in [-0.3, -0.25) is 43.6 Å². The van der Waals surface area contributed by atoms with Crippen molar-refractivity contribution in [2.75, 3.05) is 85.8 Å². The Morgan fingerprint density at radius 2 is 0.617 bits per heavy atom. The maximum atomic E-state index is 12.0. The second-order valence-corrected chi connectivity index (χ2v) is 22.0. The Morgan fingerprint density at radius 1 is 0.336 bits per heavy atom. The fourth-order valence-electron chi connectivity index (χ4n) is 9.58. The van der Waals surface area contributed by atoms with Crippen LogP contribution in [0.25, 0.3) is 0 Å². The van der Waals surface area contributed by atoms with Gasteiger partial charge in [-0.05, 0) is 19.3 Å². The molecule has 0 N–H and O–H groups in total. The van der Waals surface area contributed by atoms with Gasteiger partial charge in [0.1, 0.15) is 26.4 Å². The molecule has 7 heterocycles. The van der Waals surface area contributed by atoms with Gasteiger partial charge in [0.25, 0.3) is 5.91 Å². The maximum Gasteiger partial charge on any atom is 0.336 e. The quantitative estimate of drug-likeness (QED) is 0.0332. The molecule has 33 heteroatoms. The number of rotatable bonds is 37. The van der Waals surface area contributed by atoms with Gasteiger partial charge in [0.2, 0.25) is 11.8 Å². The molecular weight excluding hydrogens is 1380 g/mol. The molecule has 107 heavy (non-hydrogen) atoms. The summed E-state index contributed by atoms with van der Waals surface area (Å²) in [7, 11) is 1.53. The number of hydrogen-bond acceptors (Lipinski definition) is 20. The van der Waals surface area contributed by atoms with Crippen LogP contribution in [0.2, 0.25) is 0 Å². The monoisotopic (exact) mass is 1480 g/mol. The van der Waals surface area contributed by atoms with Crippen molar-refractivity contribution in [2.24, 2.45) is 11.8 Å². The number of likely N-dealkylation sites (tertiary alicyclic amines) is 1. The summed E-state index contributed by atoms with van der Waals surface area (Å²) in [5.41, 5.74) is -3.79. The second-order valence-electron chi connectivity index (χ2n) is 22.0. The first-order chi connectivity index (χ1) is 51.2. The molecule has 4 saturated heterocycles. The molecular formula is C74H98N16O17. The molecule has 0 saturated carbocycles. The van der Waals surface area contributed by atoms with Crippen LogP contribution < -0.4 is 48.3 Å². The van der Waals surface area contributed by atoms with Crippen molar-refractivity contribution in [3.05, 3.63) is 265 Å². The van der Waals surface area contributed by atoms with Gasteiger partial charge >= 0.3 is 82.1 Å². The summed E-state index contributed by atoms with van der Waals surface area (Å²) in [5, 5.41) is 0. The average molecular weight is 1480 g/mol. The van der Waals surface area contributed by atoms with E-state index in [2.05, 4.69) is 120 Å². The first kappa shape index (κ1) is 92.0. The molecule has 576 valence electrons. The summed E-state index contributed by atoms with van der Waals surface area (Å²) < 4.78 is 21.5. The van der Waals surface area contributed by atoms with Crippen molar-refractivity contribution in [1.82, 2.24) is 76.7 Å². The zero-order valence-corrected chi connectivity index (χ0v) is 61.2. The van der Waals surface area contributed by atoms with E-state index in [0.29, 0.717) is 38.9 Å². The lowest BCUT2D eigenvalue weighted by molar-refractivity contribution is -0.142. The minimum atomic E-state index is -0.809. The van der Waals surface area contributed by atoms with Crippen LogP contribution in [0.1, 0.15) is 26.2 Å². The van der Waals surface area contributed by atoms with Gasteiger partial charge in [-0.2, -0.15) is 0 Å². The third-order valence-electron chi connectivity index (χ3n) is 14.4. The molecule has 0 aromatic carbocycles. The lowest BCUT2D eigenvalue weighted by atomic mass is 9.89. The summed E-state index contributed by atoms with van der Waals surface area (Å²) in [4.78, 5) is 184. The molecule has 3 aromatic heterocycles. The third kappa shape index (κ3) is 26.7. The molecule has 4 aliphatic heterocycles. The van der Waals surface area contributed by atoms with Crippen LogP contribution >= 0.6 is 0 Å². The molecule has 4 fully saturated rings. The smallest absolute Gasteiger partial charge is 0.336 e. The Kier molecular flexibility index (Phi) is 42.7. The van der Waals surface area contributed by atoms with E-state index >= 15 is 0 Å². The van der Waals surface area contributed by atoms with Crippen LogP contribution in [0, 0.1) is 11.8 Å². The Balaban J connectivity index is 0.000000627. The van der Waals surface area contributed by atoms with Crippen LogP contribution in [-0.4, -0.2) is 210 Å². The highest BCUT2D eigenvalue weighted by atomic mass is 16.5. The summed E-state index contributed by atoms with van der Waals surface area (Å²) in [5.74, 6) is -2.45. The average Bonchev–Trinajstić information content (AvgIpc) is 1.78. The number of amides is 11. The largest absolute Gasteiger partial charge is 0.459 e. The number of allylic oxidation sites excluding steroid dienone is 7. The number of aromatic nitrogens is 9. The number of carbonyl (C=O) groups excluding carboxylic acids is 8. The van der Waals surface area contributed by atoms with E-state index < -0.39 is 52.0 Å². The first-order valence-electron chi connectivity index (χ1n) is 33.1. The highest BCUT2D eigenvalue weighted by molar-refractivity contribution is 6.44. The number of hydrogen-bond donors (Lipinski definition) is 0. The second kappa shape index (κ2) is 49.6. The van der Waals surface area contributed by atoms with E-state index in [0.717, 1.165) is 50.3 Å². The lowest BCUT2D eigenvalue weighted by Gasteiger charge is -2.15. The van der Waals surface area contributed by atoms with Gasteiger partial charge in [-0.25, -0.2) is 70.6 Å². The minimum absolute atomic E-state index is 0.0478. The van der Waals surface area contributed by atoms with Crippen molar-refractivity contribution in [3.8, 4) is 18.0 Å². The minimum Gasteiger partial charge on any atom is -0.459 e. The SMILES string of the molecule is C=CCC1C(=O)N(C)C(=O)C1CC=C.C=CCN1C(=O)C(=O)N(CC=C)C1=O.C=CCN1CC(=O)N(CC=C)C1=O.C=CCN1CCN(CC=C)C1=O.C=CCOc1nc(OCC=C)nc(OCC=C)n1.C=CCn1c(=O)n(CC=C)c(=O)n(CC=C)c1=O.C=CCn1c(=O)n(CC=C)c(=O)n(CCC)c1=O. The molecule has 0 spiro atoms.